The summed E-state index contributed by atoms with van der Waals surface area (Å²) in [5, 5.41) is 3.50. The topological polar surface area (TPSA) is 33.7 Å². The van der Waals surface area contributed by atoms with E-state index in [2.05, 4.69) is 31.1 Å². The third-order valence-corrected chi connectivity index (χ3v) is 3.84. The summed E-state index contributed by atoms with van der Waals surface area (Å²) in [5.41, 5.74) is 0. The molecule has 1 heterocycles. The first-order chi connectivity index (χ1) is 8.66. The van der Waals surface area contributed by atoms with Gasteiger partial charge in [0.25, 0.3) is 0 Å². The SMILES string of the molecule is CCOCCCNCC(C)N(C)C1CCOC1C. The average Bonchev–Trinajstić information content (AvgIpc) is 2.78. The summed E-state index contributed by atoms with van der Waals surface area (Å²) in [4.78, 5) is 2.45. The van der Waals surface area contributed by atoms with Gasteiger partial charge in [-0.1, -0.05) is 0 Å². The third-order valence-electron chi connectivity index (χ3n) is 3.84. The summed E-state index contributed by atoms with van der Waals surface area (Å²) in [6, 6.07) is 1.12. The predicted molar refractivity (Wildman–Crippen MR) is 75.0 cm³/mol. The fourth-order valence-electron chi connectivity index (χ4n) is 2.48. The maximum Gasteiger partial charge on any atom is 0.0703 e. The van der Waals surface area contributed by atoms with Gasteiger partial charge in [-0.05, 0) is 47.2 Å². The lowest BCUT2D eigenvalue weighted by Gasteiger charge is -2.32. The van der Waals surface area contributed by atoms with Crippen LogP contribution in [0.1, 0.15) is 33.6 Å². The van der Waals surface area contributed by atoms with Crippen LogP contribution in [0.4, 0.5) is 0 Å². The molecule has 108 valence electrons. The fraction of sp³-hybridized carbons (Fsp3) is 1.00. The first kappa shape index (κ1) is 15.9. The standard InChI is InChI=1S/C14H30N2O2/c1-5-17-9-6-8-15-11-12(2)16(4)14-7-10-18-13(14)3/h12-15H,5-11H2,1-4H3. The largest absolute Gasteiger partial charge is 0.382 e. The van der Waals surface area contributed by atoms with Crippen LogP contribution in [-0.4, -0.2) is 63.0 Å². The van der Waals surface area contributed by atoms with Gasteiger partial charge in [0.2, 0.25) is 0 Å². The molecular weight excluding hydrogens is 228 g/mol. The quantitative estimate of drug-likeness (QED) is 0.636. The zero-order chi connectivity index (χ0) is 13.4. The van der Waals surface area contributed by atoms with Crippen molar-refractivity contribution in [2.75, 3.05) is 40.0 Å². The van der Waals surface area contributed by atoms with Crippen LogP contribution in [0.5, 0.6) is 0 Å². The molecule has 0 spiro atoms. The molecular formula is C14H30N2O2. The zero-order valence-electron chi connectivity index (χ0n) is 12.4. The van der Waals surface area contributed by atoms with E-state index in [0.717, 1.165) is 45.8 Å². The van der Waals surface area contributed by atoms with E-state index >= 15 is 0 Å². The Bertz CT molecular complexity index is 214. The fourth-order valence-corrected chi connectivity index (χ4v) is 2.48. The smallest absolute Gasteiger partial charge is 0.0703 e. The van der Waals surface area contributed by atoms with Crippen molar-refractivity contribution in [3.8, 4) is 0 Å². The Morgan fingerprint density at radius 2 is 2.28 bits per heavy atom. The van der Waals surface area contributed by atoms with Crippen LogP contribution in [0.25, 0.3) is 0 Å². The Morgan fingerprint density at radius 1 is 1.50 bits per heavy atom. The Balaban J connectivity index is 2.10. The van der Waals surface area contributed by atoms with Crippen molar-refractivity contribution in [3.63, 3.8) is 0 Å². The van der Waals surface area contributed by atoms with Gasteiger partial charge in [0.1, 0.15) is 0 Å². The molecule has 1 fully saturated rings. The molecule has 0 bridgehead atoms. The van der Waals surface area contributed by atoms with E-state index in [1.165, 1.54) is 0 Å². The van der Waals surface area contributed by atoms with Gasteiger partial charge in [-0.3, -0.25) is 4.90 Å². The number of likely N-dealkylation sites (N-methyl/N-ethyl adjacent to an activating group) is 1. The minimum absolute atomic E-state index is 0.371. The second-order valence-electron chi connectivity index (χ2n) is 5.20. The summed E-state index contributed by atoms with van der Waals surface area (Å²) in [6.07, 6.45) is 2.62. The van der Waals surface area contributed by atoms with E-state index in [4.69, 9.17) is 9.47 Å². The number of hydrogen-bond acceptors (Lipinski definition) is 4. The number of rotatable bonds is 9. The highest BCUT2D eigenvalue weighted by atomic mass is 16.5. The summed E-state index contributed by atoms with van der Waals surface area (Å²) in [7, 11) is 2.21. The molecule has 0 amide bonds. The number of ether oxygens (including phenoxy) is 2. The van der Waals surface area contributed by atoms with Crippen LogP contribution < -0.4 is 5.32 Å². The van der Waals surface area contributed by atoms with Crippen LogP contribution in [-0.2, 0) is 9.47 Å². The second kappa shape index (κ2) is 8.86. The predicted octanol–water partition coefficient (Wildman–Crippen LogP) is 1.50. The van der Waals surface area contributed by atoms with E-state index in [1.807, 2.05) is 6.92 Å². The van der Waals surface area contributed by atoms with Gasteiger partial charge in [-0.25, -0.2) is 0 Å². The normalized spacial score (nSPS) is 25.8. The molecule has 0 aliphatic carbocycles. The van der Waals surface area contributed by atoms with Crippen molar-refractivity contribution >= 4 is 0 Å². The Kier molecular flexibility index (Phi) is 7.82. The molecule has 4 nitrogen and oxygen atoms in total. The lowest BCUT2D eigenvalue weighted by Crippen LogP contribution is -2.46. The molecule has 0 saturated carbocycles. The van der Waals surface area contributed by atoms with Crippen LogP contribution in [0.3, 0.4) is 0 Å². The zero-order valence-corrected chi connectivity index (χ0v) is 12.4. The molecule has 18 heavy (non-hydrogen) atoms. The van der Waals surface area contributed by atoms with Crippen molar-refractivity contribution in [1.29, 1.82) is 0 Å². The van der Waals surface area contributed by atoms with E-state index in [-0.39, 0.29) is 0 Å². The molecule has 1 rings (SSSR count). The average molecular weight is 258 g/mol. The van der Waals surface area contributed by atoms with Crippen molar-refractivity contribution in [1.82, 2.24) is 10.2 Å². The van der Waals surface area contributed by atoms with Gasteiger partial charge in [-0.15, -0.1) is 0 Å². The molecule has 1 saturated heterocycles. The van der Waals surface area contributed by atoms with Gasteiger partial charge >= 0.3 is 0 Å². The Morgan fingerprint density at radius 3 is 2.89 bits per heavy atom. The first-order valence-corrected chi connectivity index (χ1v) is 7.28. The van der Waals surface area contributed by atoms with Crippen molar-refractivity contribution in [2.45, 2.75) is 51.8 Å². The highest BCUT2D eigenvalue weighted by Crippen LogP contribution is 2.19. The third kappa shape index (κ3) is 5.22. The summed E-state index contributed by atoms with van der Waals surface area (Å²) < 4.78 is 10.9. The van der Waals surface area contributed by atoms with Crippen LogP contribution >= 0.6 is 0 Å². The van der Waals surface area contributed by atoms with E-state index in [0.29, 0.717) is 18.2 Å². The highest BCUT2D eigenvalue weighted by Gasteiger charge is 2.29. The van der Waals surface area contributed by atoms with Crippen LogP contribution in [0.15, 0.2) is 0 Å². The molecule has 4 heteroatoms. The van der Waals surface area contributed by atoms with Gasteiger partial charge in [0.15, 0.2) is 0 Å². The van der Waals surface area contributed by atoms with Crippen LogP contribution in [0, 0.1) is 0 Å². The van der Waals surface area contributed by atoms with Crippen molar-refractivity contribution in [2.24, 2.45) is 0 Å². The molecule has 0 aromatic rings. The molecule has 1 aliphatic heterocycles. The first-order valence-electron chi connectivity index (χ1n) is 7.28. The molecule has 0 radical (unpaired) electrons. The van der Waals surface area contributed by atoms with Gasteiger partial charge in [0, 0.05) is 38.4 Å². The summed E-state index contributed by atoms with van der Waals surface area (Å²) in [5.74, 6) is 0. The second-order valence-corrected chi connectivity index (χ2v) is 5.20. The maximum absolute atomic E-state index is 5.63. The minimum atomic E-state index is 0.371. The Hall–Kier alpha value is -0.160. The minimum Gasteiger partial charge on any atom is -0.382 e. The van der Waals surface area contributed by atoms with E-state index < -0.39 is 0 Å². The molecule has 3 atom stereocenters. The van der Waals surface area contributed by atoms with E-state index in [1.54, 1.807) is 0 Å². The monoisotopic (exact) mass is 258 g/mol. The molecule has 1 N–H and O–H groups in total. The van der Waals surface area contributed by atoms with Crippen LogP contribution in [0.2, 0.25) is 0 Å². The molecule has 1 aliphatic rings. The summed E-state index contributed by atoms with van der Waals surface area (Å²) in [6.45, 7) is 11.2. The number of nitrogens with zero attached hydrogens (tertiary/aromatic N) is 1. The molecule has 0 aromatic carbocycles. The lowest BCUT2D eigenvalue weighted by molar-refractivity contribution is 0.0702. The van der Waals surface area contributed by atoms with Gasteiger partial charge < -0.3 is 14.8 Å². The maximum atomic E-state index is 5.63. The number of nitrogens with one attached hydrogen (secondary N) is 1. The van der Waals surface area contributed by atoms with Crippen molar-refractivity contribution < 1.29 is 9.47 Å². The molecule has 3 unspecified atom stereocenters. The Labute approximate surface area is 112 Å². The highest BCUT2D eigenvalue weighted by molar-refractivity contribution is 4.83. The van der Waals surface area contributed by atoms with Crippen molar-refractivity contribution in [3.05, 3.63) is 0 Å². The van der Waals surface area contributed by atoms with Gasteiger partial charge in [0.05, 0.1) is 6.10 Å². The van der Waals surface area contributed by atoms with Gasteiger partial charge in [-0.2, -0.15) is 0 Å². The lowest BCUT2D eigenvalue weighted by atomic mass is 10.1. The molecule has 0 aromatic heterocycles. The van der Waals surface area contributed by atoms with E-state index in [9.17, 15) is 0 Å². The number of hydrogen-bond donors (Lipinski definition) is 1. The summed E-state index contributed by atoms with van der Waals surface area (Å²) >= 11 is 0.